The summed E-state index contributed by atoms with van der Waals surface area (Å²) < 4.78 is 10.4. The molecule has 0 radical (unpaired) electrons. The molecular weight excluding hydrogens is 192 g/mol. The van der Waals surface area contributed by atoms with Crippen LogP contribution in [0.5, 0.6) is 5.75 Å². The van der Waals surface area contributed by atoms with E-state index in [4.69, 9.17) is 9.47 Å². The highest BCUT2D eigenvalue weighted by Crippen LogP contribution is 2.26. The molecule has 1 heterocycles. The molecule has 0 spiro atoms. The van der Waals surface area contributed by atoms with Crippen molar-refractivity contribution < 1.29 is 14.3 Å². The molecule has 1 aliphatic rings. The summed E-state index contributed by atoms with van der Waals surface area (Å²) in [5, 5.41) is 0. The van der Waals surface area contributed by atoms with Gasteiger partial charge in [0.25, 0.3) is 0 Å². The third-order valence-electron chi connectivity index (χ3n) is 2.37. The van der Waals surface area contributed by atoms with Crippen LogP contribution in [0, 0.1) is 0 Å². The van der Waals surface area contributed by atoms with Crippen LogP contribution in [-0.4, -0.2) is 12.9 Å². The minimum Gasteiger partial charge on any atom is -0.497 e. The molecule has 15 heavy (non-hydrogen) atoms. The number of hydrogen-bond acceptors (Lipinski definition) is 3. The van der Waals surface area contributed by atoms with Crippen LogP contribution in [0.3, 0.4) is 0 Å². The molecule has 0 N–H and O–H groups in total. The molecule has 1 aromatic rings. The summed E-state index contributed by atoms with van der Waals surface area (Å²) in [7, 11) is 1.62. The lowest BCUT2D eigenvalue weighted by atomic mass is 10.0. The summed E-state index contributed by atoms with van der Waals surface area (Å²) in [4.78, 5) is 11.2. The van der Waals surface area contributed by atoms with E-state index in [1.807, 2.05) is 24.3 Å². The van der Waals surface area contributed by atoms with Gasteiger partial charge in [-0.1, -0.05) is 12.1 Å². The average molecular weight is 204 g/mol. The smallest absolute Gasteiger partial charge is 0.162 e. The van der Waals surface area contributed by atoms with Crippen LogP contribution in [0.15, 0.2) is 36.6 Å². The van der Waals surface area contributed by atoms with Crippen molar-refractivity contribution in [2.24, 2.45) is 0 Å². The van der Waals surface area contributed by atoms with Crippen molar-refractivity contribution in [2.45, 2.75) is 12.5 Å². The van der Waals surface area contributed by atoms with E-state index >= 15 is 0 Å². The lowest BCUT2D eigenvalue weighted by Gasteiger charge is -2.18. The topological polar surface area (TPSA) is 35.5 Å². The highest BCUT2D eigenvalue weighted by Gasteiger charge is 2.18. The maximum Gasteiger partial charge on any atom is 0.162 e. The monoisotopic (exact) mass is 204 g/mol. The quantitative estimate of drug-likeness (QED) is 0.741. The summed E-state index contributed by atoms with van der Waals surface area (Å²) in [5.41, 5.74) is 0.994. The second-order valence-corrected chi connectivity index (χ2v) is 3.37. The number of carbonyl (C=O) groups excluding carboxylic acids is 1. The maximum absolute atomic E-state index is 11.2. The van der Waals surface area contributed by atoms with E-state index in [0.717, 1.165) is 11.3 Å². The molecule has 3 nitrogen and oxygen atoms in total. The zero-order chi connectivity index (χ0) is 10.7. The number of benzene rings is 1. The molecule has 1 aromatic carbocycles. The van der Waals surface area contributed by atoms with Crippen LogP contribution in [-0.2, 0) is 9.53 Å². The Hall–Kier alpha value is -1.77. The minimum atomic E-state index is -0.159. The van der Waals surface area contributed by atoms with E-state index in [9.17, 15) is 4.79 Å². The van der Waals surface area contributed by atoms with Gasteiger partial charge >= 0.3 is 0 Å². The zero-order valence-electron chi connectivity index (χ0n) is 8.47. The Balaban J connectivity index is 2.15. The van der Waals surface area contributed by atoms with Crippen LogP contribution in [0.1, 0.15) is 18.1 Å². The molecule has 0 amide bonds. The number of allylic oxidation sites excluding steroid dienone is 1. The van der Waals surface area contributed by atoms with Gasteiger partial charge in [0.15, 0.2) is 5.78 Å². The van der Waals surface area contributed by atoms with E-state index in [2.05, 4.69) is 0 Å². The Labute approximate surface area is 88.3 Å². The molecule has 78 valence electrons. The molecule has 2 rings (SSSR count). The fourth-order valence-electron chi connectivity index (χ4n) is 1.52. The predicted molar refractivity (Wildman–Crippen MR) is 55.6 cm³/mol. The van der Waals surface area contributed by atoms with Crippen molar-refractivity contribution in [3.8, 4) is 5.75 Å². The van der Waals surface area contributed by atoms with Crippen molar-refractivity contribution in [3.63, 3.8) is 0 Å². The van der Waals surface area contributed by atoms with E-state index in [0.29, 0.717) is 6.42 Å². The Kier molecular flexibility index (Phi) is 2.72. The molecule has 0 aromatic heterocycles. The van der Waals surface area contributed by atoms with Crippen LogP contribution >= 0.6 is 0 Å². The number of ketones is 1. The zero-order valence-corrected chi connectivity index (χ0v) is 8.47. The van der Waals surface area contributed by atoms with Gasteiger partial charge < -0.3 is 9.47 Å². The van der Waals surface area contributed by atoms with Crippen molar-refractivity contribution in [1.29, 1.82) is 0 Å². The molecule has 3 heteroatoms. The Morgan fingerprint density at radius 3 is 2.67 bits per heavy atom. The van der Waals surface area contributed by atoms with Crippen LogP contribution in [0.25, 0.3) is 0 Å². The van der Waals surface area contributed by atoms with Gasteiger partial charge in [-0.3, -0.25) is 4.79 Å². The molecule has 1 unspecified atom stereocenters. The molecule has 0 fully saturated rings. The van der Waals surface area contributed by atoms with Gasteiger partial charge in [0.1, 0.15) is 11.9 Å². The molecular formula is C12H12O3. The SMILES string of the molecule is COc1ccc(C2CC(=O)C=CO2)cc1. The number of ether oxygens (including phenoxy) is 2. The molecule has 0 bridgehead atoms. The van der Waals surface area contributed by atoms with Gasteiger partial charge in [0.2, 0.25) is 0 Å². The summed E-state index contributed by atoms with van der Waals surface area (Å²) in [5.74, 6) is 0.901. The molecule has 0 aliphatic carbocycles. The van der Waals surface area contributed by atoms with Gasteiger partial charge in [0.05, 0.1) is 19.8 Å². The van der Waals surface area contributed by atoms with E-state index in [1.165, 1.54) is 12.3 Å². The van der Waals surface area contributed by atoms with Crippen molar-refractivity contribution in [3.05, 3.63) is 42.2 Å². The molecule has 0 saturated carbocycles. The van der Waals surface area contributed by atoms with Crippen LogP contribution < -0.4 is 4.74 Å². The first-order valence-corrected chi connectivity index (χ1v) is 4.78. The lowest BCUT2D eigenvalue weighted by molar-refractivity contribution is -0.118. The second kappa shape index (κ2) is 4.17. The highest BCUT2D eigenvalue weighted by molar-refractivity contribution is 5.90. The number of rotatable bonds is 2. The third kappa shape index (κ3) is 2.18. The second-order valence-electron chi connectivity index (χ2n) is 3.37. The third-order valence-corrected chi connectivity index (χ3v) is 2.37. The number of methoxy groups -OCH3 is 1. The van der Waals surface area contributed by atoms with Gasteiger partial charge in [-0.2, -0.15) is 0 Å². The average Bonchev–Trinajstić information content (AvgIpc) is 2.29. The molecule has 1 atom stereocenters. The van der Waals surface area contributed by atoms with E-state index in [1.54, 1.807) is 7.11 Å². The largest absolute Gasteiger partial charge is 0.497 e. The Bertz CT molecular complexity index is 378. The fraction of sp³-hybridized carbons (Fsp3) is 0.250. The fourth-order valence-corrected chi connectivity index (χ4v) is 1.52. The van der Waals surface area contributed by atoms with Gasteiger partial charge in [0, 0.05) is 6.08 Å². The molecule has 0 saturated heterocycles. The minimum absolute atomic E-state index is 0.0991. The van der Waals surface area contributed by atoms with Crippen molar-refractivity contribution in [1.82, 2.24) is 0 Å². The van der Waals surface area contributed by atoms with Gasteiger partial charge in [-0.15, -0.1) is 0 Å². The maximum atomic E-state index is 11.2. The number of carbonyl (C=O) groups is 1. The summed E-state index contributed by atoms with van der Waals surface area (Å²) >= 11 is 0. The van der Waals surface area contributed by atoms with Gasteiger partial charge in [-0.05, 0) is 17.7 Å². The number of hydrogen-bond donors (Lipinski definition) is 0. The summed E-state index contributed by atoms with van der Waals surface area (Å²) in [6.07, 6.45) is 3.16. The predicted octanol–water partition coefficient (Wildman–Crippen LogP) is 2.24. The Morgan fingerprint density at radius 1 is 1.33 bits per heavy atom. The molecule has 1 aliphatic heterocycles. The first-order chi connectivity index (χ1) is 7.29. The first kappa shape index (κ1) is 9.77. The van der Waals surface area contributed by atoms with Crippen molar-refractivity contribution >= 4 is 5.78 Å². The standard InChI is InChI=1S/C12H12O3/c1-14-11-4-2-9(3-5-11)12-8-10(13)6-7-15-12/h2-7,12H,8H2,1H3. The van der Waals surface area contributed by atoms with E-state index in [-0.39, 0.29) is 11.9 Å². The summed E-state index contributed by atoms with van der Waals surface area (Å²) in [6.45, 7) is 0. The summed E-state index contributed by atoms with van der Waals surface area (Å²) in [6, 6.07) is 7.55. The normalized spacial score (nSPS) is 19.8. The Morgan fingerprint density at radius 2 is 2.07 bits per heavy atom. The van der Waals surface area contributed by atoms with Gasteiger partial charge in [-0.25, -0.2) is 0 Å². The lowest BCUT2D eigenvalue weighted by Crippen LogP contribution is -2.11. The first-order valence-electron chi connectivity index (χ1n) is 4.78. The highest BCUT2D eigenvalue weighted by atomic mass is 16.5. The van der Waals surface area contributed by atoms with Crippen LogP contribution in [0.4, 0.5) is 0 Å². The van der Waals surface area contributed by atoms with E-state index < -0.39 is 0 Å². The van der Waals surface area contributed by atoms with Crippen LogP contribution in [0.2, 0.25) is 0 Å². The van der Waals surface area contributed by atoms with Crippen molar-refractivity contribution in [2.75, 3.05) is 7.11 Å².